The molecule has 7 heteroatoms. The van der Waals surface area contributed by atoms with Gasteiger partial charge in [0.25, 0.3) is 5.91 Å². The molecule has 0 saturated heterocycles. The molecule has 1 amide bonds. The number of carbonyl (C=O) groups is 1. The average Bonchev–Trinajstić information content (AvgIpc) is 3.41. The summed E-state index contributed by atoms with van der Waals surface area (Å²) in [6.07, 6.45) is 0. The average molecular weight is 617 g/mol. The number of hydrogen-bond acceptors (Lipinski definition) is 5. The van der Waals surface area contributed by atoms with Gasteiger partial charge in [-0.3, -0.25) is 4.79 Å². The lowest BCUT2D eigenvalue weighted by atomic mass is 9.98. The molecular weight excluding hydrogens is 572 g/mol. The van der Waals surface area contributed by atoms with Crippen LogP contribution >= 0.6 is 0 Å². The molecule has 4 aromatic carbocycles. The molecule has 5 aromatic rings. The van der Waals surface area contributed by atoms with Crippen molar-refractivity contribution >= 4 is 5.91 Å². The fourth-order valence-corrected chi connectivity index (χ4v) is 5.76. The van der Waals surface area contributed by atoms with Crippen molar-refractivity contribution < 1.29 is 14.3 Å². The number of amides is 1. The number of hydrogen-bond donors (Lipinski definition) is 2. The van der Waals surface area contributed by atoms with Gasteiger partial charge in [0.15, 0.2) is 0 Å². The van der Waals surface area contributed by atoms with Gasteiger partial charge in [-0.05, 0) is 68.7 Å². The van der Waals surface area contributed by atoms with Gasteiger partial charge in [-0.25, -0.2) is 4.98 Å². The summed E-state index contributed by atoms with van der Waals surface area (Å²) in [4.78, 5) is 18.2. The van der Waals surface area contributed by atoms with Crippen LogP contribution in [0.25, 0.3) is 33.9 Å². The minimum absolute atomic E-state index is 0.129. The number of nitrogens with one attached hydrogen (secondary N) is 1. The van der Waals surface area contributed by atoms with E-state index in [4.69, 9.17) is 20.2 Å². The van der Waals surface area contributed by atoms with Crippen molar-refractivity contribution in [2.24, 2.45) is 5.73 Å². The fraction of sp³-hybridized carbons (Fsp3) is 0.282. The van der Waals surface area contributed by atoms with Crippen molar-refractivity contribution in [2.75, 3.05) is 39.5 Å². The van der Waals surface area contributed by atoms with Gasteiger partial charge in [0.2, 0.25) is 0 Å². The van der Waals surface area contributed by atoms with E-state index < -0.39 is 0 Å². The summed E-state index contributed by atoms with van der Waals surface area (Å²) < 4.78 is 13.2. The number of nitrogens with zero attached hydrogens (tertiary/aromatic N) is 2. The van der Waals surface area contributed by atoms with Crippen molar-refractivity contribution in [3.63, 3.8) is 0 Å². The van der Waals surface area contributed by atoms with Gasteiger partial charge in [-0.2, -0.15) is 0 Å². The standard InChI is InChI=1S/C39H44N4O3/c1-27-23-28(2)25-33(24-27)38-42-36(34-11-7-5-9-29(34)3)37(35-12-8-6-10-30(35)4)43(38)26-31-13-15-32(16-14-31)39(44)41-18-20-46-22-21-45-19-17-40/h5-16,23-25H,17-22,26,40H2,1-4H3,(H,41,44). The Kier molecular flexibility index (Phi) is 11.2. The monoisotopic (exact) mass is 616 g/mol. The molecule has 7 nitrogen and oxygen atoms in total. The number of benzene rings is 4. The minimum Gasteiger partial charge on any atom is -0.378 e. The lowest BCUT2D eigenvalue weighted by molar-refractivity contribution is 0.0511. The molecule has 0 unspecified atom stereocenters. The van der Waals surface area contributed by atoms with Crippen LogP contribution in [-0.4, -0.2) is 55.0 Å². The Morgan fingerprint density at radius 3 is 2.00 bits per heavy atom. The SMILES string of the molecule is Cc1cc(C)cc(-c2nc(-c3ccccc3C)c(-c3ccccc3C)n2Cc2ccc(C(=O)NCCOCCOCCN)cc2)c1. The van der Waals surface area contributed by atoms with Crippen molar-refractivity contribution in [3.05, 3.63) is 124 Å². The fourth-order valence-electron chi connectivity index (χ4n) is 5.76. The van der Waals surface area contributed by atoms with Crippen LogP contribution in [0.15, 0.2) is 91.0 Å². The summed E-state index contributed by atoms with van der Waals surface area (Å²) in [6.45, 7) is 12.0. The van der Waals surface area contributed by atoms with Crippen LogP contribution in [0.2, 0.25) is 0 Å². The first-order chi connectivity index (χ1) is 22.4. The first-order valence-electron chi connectivity index (χ1n) is 15.9. The zero-order valence-electron chi connectivity index (χ0n) is 27.3. The molecule has 1 aromatic heterocycles. The Bertz CT molecular complexity index is 1750. The second-order valence-electron chi connectivity index (χ2n) is 11.7. The first kappa shape index (κ1) is 32.8. The Morgan fingerprint density at radius 2 is 1.37 bits per heavy atom. The van der Waals surface area contributed by atoms with E-state index in [0.29, 0.717) is 51.6 Å². The quantitative estimate of drug-likeness (QED) is 0.133. The summed E-state index contributed by atoms with van der Waals surface area (Å²) in [5.41, 5.74) is 17.2. The highest BCUT2D eigenvalue weighted by atomic mass is 16.5. The molecule has 0 fully saturated rings. The Morgan fingerprint density at radius 1 is 0.761 bits per heavy atom. The second-order valence-corrected chi connectivity index (χ2v) is 11.7. The Hall–Kier alpha value is -4.56. The normalized spacial score (nSPS) is 11.2. The minimum atomic E-state index is -0.129. The Labute approximate surface area is 272 Å². The molecule has 1 heterocycles. The van der Waals surface area contributed by atoms with Gasteiger partial charge in [0.1, 0.15) is 5.82 Å². The highest BCUT2D eigenvalue weighted by Gasteiger charge is 2.23. The third-order valence-corrected chi connectivity index (χ3v) is 7.97. The smallest absolute Gasteiger partial charge is 0.251 e. The number of aryl methyl sites for hydroxylation is 4. The third kappa shape index (κ3) is 7.98. The van der Waals surface area contributed by atoms with Gasteiger partial charge in [0.05, 0.1) is 37.8 Å². The van der Waals surface area contributed by atoms with Crippen molar-refractivity contribution in [2.45, 2.75) is 34.2 Å². The molecule has 0 aliphatic carbocycles. The summed E-state index contributed by atoms with van der Waals surface area (Å²) in [6, 6.07) is 31.4. The highest BCUT2D eigenvalue weighted by molar-refractivity contribution is 5.94. The molecule has 5 rings (SSSR count). The van der Waals surface area contributed by atoms with Crippen molar-refractivity contribution in [1.29, 1.82) is 0 Å². The molecule has 238 valence electrons. The lowest BCUT2D eigenvalue weighted by Crippen LogP contribution is -2.27. The van der Waals surface area contributed by atoms with Gasteiger partial charge in [-0.1, -0.05) is 77.9 Å². The molecular formula is C39H44N4O3. The van der Waals surface area contributed by atoms with Crippen LogP contribution in [0.4, 0.5) is 0 Å². The van der Waals surface area contributed by atoms with E-state index in [1.165, 1.54) is 22.3 Å². The van der Waals surface area contributed by atoms with Crippen molar-refractivity contribution in [3.8, 4) is 33.9 Å². The predicted molar refractivity (Wildman–Crippen MR) is 186 cm³/mol. The molecule has 0 spiro atoms. The predicted octanol–water partition coefficient (Wildman–Crippen LogP) is 6.89. The molecule has 0 aliphatic heterocycles. The second kappa shape index (κ2) is 15.6. The summed E-state index contributed by atoms with van der Waals surface area (Å²) in [7, 11) is 0. The first-order valence-corrected chi connectivity index (χ1v) is 15.9. The molecule has 46 heavy (non-hydrogen) atoms. The Balaban J connectivity index is 1.47. The van der Waals surface area contributed by atoms with E-state index in [9.17, 15) is 4.79 Å². The number of ether oxygens (including phenoxy) is 2. The van der Waals surface area contributed by atoms with Crippen LogP contribution in [0.5, 0.6) is 0 Å². The van der Waals surface area contributed by atoms with Gasteiger partial charge in [0, 0.05) is 41.9 Å². The molecule has 0 saturated carbocycles. The maximum atomic E-state index is 12.8. The van der Waals surface area contributed by atoms with Gasteiger partial charge in [-0.15, -0.1) is 0 Å². The van der Waals surface area contributed by atoms with Gasteiger partial charge < -0.3 is 25.1 Å². The van der Waals surface area contributed by atoms with Crippen LogP contribution in [0.1, 0.15) is 38.2 Å². The zero-order chi connectivity index (χ0) is 32.5. The molecule has 0 radical (unpaired) electrons. The van der Waals surface area contributed by atoms with Crippen LogP contribution < -0.4 is 11.1 Å². The molecule has 3 N–H and O–H groups in total. The van der Waals surface area contributed by atoms with E-state index in [1.807, 2.05) is 24.3 Å². The van der Waals surface area contributed by atoms with Crippen molar-refractivity contribution in [1.82, 2.24) is 14.9 Å². The topological polar surface area (TPSA) is 91.4 Å². The zero-order valence-corrected chi connectivity index (χ0v) is 27.3. The number of carbonyl (C=O) groups excluding carboxylic acids is 1. The van der Waals surface area contributed by atoms with E-state index in [2.05, 4.69) is 104 Å². The molecule has 0 atom stereocenters. The maximum absolute atomic E-state index is 12.8. The van der Waals surface area contributed by atoms with Crippen LogP contribution in [0.3, 0.4) is 0 Å². The molecule has 0 aliphatic rings. The lowest BCUT2D eigenvalue weighted by Gasteiger charge is -2.16. The summed E-state index contributed by atoms with van der Waals surface area (Å²) >= 11 is 0. The van der Waals surface area contributed by atoms with Crippen LogP contribution in [0, 0.1) is 27.7 Å². The van der Waals surface area contributed by atoms with E-state index in [0.717, 1.165) is 39.5 Å². The number of aromatic nitrogens is 2. The summed E-state index contributed by atoms with van der Waals surface area (Å²) in [5.74, 6) is 0.786. The maximum Gasteiger partial charge on any atom is 0.251 e. The third-order valence-electron chi connectivity index (χ3n) is 7.97. The van der Waals surface area contributed by atoms with E-state index in [1.54, 1.807) is 0 Å². The number of nitrogens with two attached hydrogens (primary N) is 1. The largest absolute Gasteiger partial charge is 0.378 e. The number of imidazole rings is 1. The summed E-state index contributed by atoms with van der Waals surface area (Å²) in [5, 5.41) is 2.94. The van der Waals surface area contributed by atoms with Gasteiger partial charge >= 0.3 is 0 Å². The van der Waals surface area contributed by atoms with E-state index >= 15 is 0 Å². The highest BCUT2D eigenvalue weighted by Crippen LogP contribution is 2.39. The van der Waals surface area contributed by atoms with E-state index in [-0.39, 0.29) is 5.91 Å². The van der Waals surface area contributed by atoms with Crippen LogP contribution in [-0.2, 0) is 16.0 Å². The number of rotatable bonds is 14. The molecule has 0 bridgehead atoms.